The highest BCUT2D eigenvalue weighted by molar-refractivity contribution is 6.30. The van der Waals surface area contributed by atoms with Gasteiger partial charge in [-0.25, -0.2) is 4.39 Å². The zero-order chi connectivity index (χ0) is 10.4. The second-order valence-corrected chi connectivity index (χ2v) is 4.97. The predicted molar refractivity (Wildman–Crippen MR) is 66.0 cm³/mol. The van der Waals surface area contributed by atoms with E-state index < -0.39 is 0 Å². The molecule has 0 amide bonds. The van der Waals surface area contributed by atoms with E-state index in [2.05, 4.69) is 5.32 Å². The van der Waals surface area contributed by atoms with Crippen molar-refractivity contribution in [1.29, 1.82) is 0 Å². The SMILES string of the molecule is Cl.Fc1cc(C2CC3CCC2N3)ccc1Cl. The van der Waals surface area contributed by atoms with Gasteiger partial charge in [-0.1, -0.05) is 17.7 Å². The van der Waals surface area contributed by atoms with Crippen LogP contribution in [0.5, 0.6) is 0 Å². The van der Waals surface area contributed by atoms with Crippen molar-refractivity contribution in [2.75, 3.05) is 0 Å². The fourth-order valence-electron chi connectivity index (χ4n) is 2.94. The van der Waals surface area contributed by atoms with Crippen LogP contribution in [-0.2, 0) is 0 Å². The molecule has 2 aliphatic heterocycles. The van der Waals surface area contributed by atoms with Crippen molar-refractivity contribution in [2.45, 2.75) is 37.3 Å². The lowest BCUT2D eigenvalue weighted by molar-refractivity contribution is 0.503. The molecular formula is C12H14Cl2FN. The fraction of sp³-hybridized carbons (Fsp3) is 0.500. The molecule has 88 valence electrons. The summed E-state index contributed by atoms with van der Waals surface area (Å²) in [6.45, 7) is 0. The summed E-state index contributed by atoms with van der Waals surface area (Å²) in [5, 5.41) is 3.77. The predicted octanol–water partition coefficient (Wildman–Crippen LogP) is 3.51. The van der Waals surface area contributed by atoms with Crippen LogP contribution in [0.1, 0.15) is 30.7 Å². The maximum absolute atomic E-state index is 13.3. The molecule has 1 aromatic rings. The van der Waals surface area contributed by atoms with Gasteiger partial charge in [0, 0.05) is 18.0 Å². The zero-order valence-electron chi connectivity index (χ0n) is 8.75. The van der Waals surface area contributed by atoms with Crippen LogP contribution in [0.15, 0.2) is 18.2 Å². The van der Waals surface area contributed by atoms with Crippen LogP contribution < -0.4 is 5.32 Å². The van der Waals surface area contributed by atoms with Crippen molar-refractivity contribution >= 4 is 24.0 Å². The van der Waals surface area contributed by atoms with Gasteiger partial charge in [-0.3, -0.25) is 0 Å². The molecule has 2 fully saturated rings. The van der Waals surface area contributed by atoms with E-state index >= 15 is 0 Å². The summed E-state index contributed by atoms with van der Waals surface area (Å²) in [6, 6.07) is 6.42. The van der Waals surface area contributed by atoms with Crippen LogP contribution in [0, 0.1) is 5.82 Å². The van der Waals surface area contributed by atoms with Gasteiger partial charge >= 0.3 is 0 Å². The van der Waals surface area contributed by atoms with Crippen molar-refractivity contribution in [3.05, 3.63) is 34.6 Å². The molecule has 1 aromatic carbocycles. The zero-order valence-corrected chi connectivity index (χ0v) is 10.3. The topological polar surface area (TPSA) is 12.0 Å². The minimum absolute atomic E-state index is 0. The highest BCUT2D eigenvalue weighted by atomic mass is 35.5. The minimum Gasteiger partial charge on any atom is -0.311 e. The molecule has 0 aliphatic carbocycles. The smallest absolute Gasteiger partial charge is 0.142 e. The van der Waals surface area contributed by atoms with Crippen LogP contribution in [0.2, 0.25) is 5.02 Å². The number of rotatable bonds is 1. The van der Waals surface area contributed by atoms with Gasteiger partial charge < -0.3 is 5.32 Å². The monoisotopic (exact) mass is 261 g/mol. The molecule has 3 unspecified atom stereocenters. The van der Waals surface area contributed by atoms with Crippen molar-refractivity contribution in [3.63, 3.8) is 0 Å². The molecular weight excluding hydrogens is 248 g/mol. The fourth-order valence-corrected chi connectivity index (χ4v) is 3.05. The first-order chi connectivity index (χ1) is 7.24. The van der Waals surface area contributed by atoms with Crippen LogP contribution in [-0.4, -0.2) is 12.1 Å². The first-order valence-corrected chi connectivity index (χ1v) is 5.83. The summed E-state index contributed by atoms with van der Waals surface area (Å²) in [7, 11) is 0. The van der Waals surface area contributed by atoms with Gasteiger partial charge in [0.15, 0.2) is 0 Å². The molecule has 2 bridgehead atoms. The average Bonchev–Trinajstić information content (AvgIpc) is 2.83. The molecule has 16 heavy (non-hydrogen) atoms. The van der Waals surface area contributed by atoms with E-state index in [0.29, 0.717) is 18.0 Å². The number of halogens is 3. The summed E-state index contributed by atoms with van der Waals surface area (Å²) in [5.74, 6) is 0.187. The Morgan fingerprint density at radius 2 is 2.12 bits per heavy atom. The molecule has 0 spiro atoms. The lowest BCUT2D eigenvalue weighted by atomic mass is 9.84. The third kappa shape index (κ3) is 1.94. The summed E-state index contributed by atoms with van der Waals surface area (Å²) in [5.41, 5.74) is 1.09. The quantitative estimate of drug-likeness (QED) is 0.816. The summed E-state index contributed by atoms with van der Waals surface area (Å²) >= 11 is 5.68. The molecule has 0 saturated carbocycles. The highest BCUT2D eigenvalue weighted by Crippen LogP contribution is 2.40. The maximum Gasteiger partial charge on any atom is 0.142 e. The van der Waals surface area contributed by atoms with Crippen molar-refractivity contribution in [1.82, 2.24) is 5.32 Å². The van der Waals surface area contributed by atoms with Gasteiger partial charge in [0.25, 0.3) is 0 Å². The van der Waals surface area contributed by atoms with Crippen molar-refractivity contribution in [3.8, 4) is 0 Å². The number of nitrogens with one attached hydrogen (secondary N) is 1. The van der Waals surface area contributed by atoms with Crippen LogP contribution in [0.4, 0.5) is 4.39 Å². The first kappa shape index (κ1) is 12.2. The van der Waals surface area contributed by atoms with E-state index in [1.165, 1.54) is 12.8 Å². The lowest BCUT2D eigenvalue weighted by Gasteiger charge is -2.20. The molecule has 3 atom stereocenters. The maximum atomic E-state index is 13.3. The Hall–Kier alpha value is -0.310. The molecule has 2 heterocycles. The number of hydrogen-bond donors (Lipinski definition) is 1. The van der Waals surface area contributed by atoms with Gasteiger partial charge in [-0.2, -0.15) is 0 Å². The molecule has 2 saturated heterocycles. The van der Waals surface area contributed by atoms with Crippen LogP contribution >= 0.6 is 24.0 Å². The molecule has 1 N–H and O–H groups in total. The van der Waals surface area contributed by atoms with Gasteiger partial charge in [-0.15, -0.1) is 12.4 Å². The lowest BCUT2D eigenvalue weighted by Crippen LogP contribution is -2.21. The third-order valence-corrected chi connectivity index (χ3v) is 3.98. The van der Waals surface area contributed by atoms with Crippen LogP contribution in [0.3, 0.4) is 0 Å². The average molecular weight is 262 g/mol. The number of hydrogen-bond acceptors (Lipinski definition) is 1. The van der Waals surface area contributed by atoms with Gasteiger partial charge in [-0.05, 0) is 37.0 Å². The number of benzene rings is 1. The van der Waals surface area contributed by atoms with Crippen LogP contribution in [0.25, 0.3) is 0 Å². The number of fused-ring (bicyclic) bond motifs is 2. The Balaban J connectivity index is 0.000000963. The van der Waals surface area contributed by atoms with Crippen molar-refractivity contribution < 1.29 is 4.39 Å². The normalized spacial score (nSPS) is 31.5. The Bertz CT molecular complexity index is 397. The molecule has 2 aliphatic rings. The first-order valence-electron chi connectivity index (χ1n) is 5.45. The Labute approximate surface area is 106 Å². The summed E-state index contributed by atoms with van der Waals surface area (Å²) in [4.78, 5) is 0. The highest BCUT2D eigenvalue weighted by Gasteiger charge is 2.39. The van der Waals surface area contributed by atoms with Gasteiger partial charge in [0.1, 0.15) is 5.82 Å². The Morgan fingerprint density at radius 1 is 1.31 bits per heavy atom. The Morgan fingerprint density at radius 3 is 2.69 bits per heavy atom. The van der Waals surface area contributed by atoms with Gasteiger partial charge in [0.2, 0.25) is 0 Å². The standard InChI is InChI=1S/C12H13ClFN.ClH/c13-10-3-1-7(5-11(10)14)9-6-8-2-4-12(9)15-8;/h1,3,5,8-9,12,15H,2,4,6H2;1H. The molecule has 3 rings (SSSR count). The van der Waals surface area contributed by atoms with E-state index in [0.717, 1.165) is 12.0 Å². The van der Waals surface area contributed by atoms with E-state index in [-0.39, 0.29) is 23.2 Å². The summed E-state index contributed by atoms with van der Waals surface area (Å²) < 4.78 is 13.3. The van der Waals surface area contributed by atoms with Gasteiger partial charge in [0.05, 0.1) is 5.02 Å². The molecule has 0 aromatic heterocycles. The Kier molecular flexibility index (Phi) is 3.43. The molecule has 4 heteroatoms. The minimum atomic E-state index is -0.294. The third-order valence-electron chi connectivity index (χ3n) is 3.67. The molecule has 0 radical (unpaired) electrons. The van der Waals surface area contributed by atoms with Crippen molar-refractivity contribution in [2.24, 2.45) is 0 Å². The second kappa shape index (κ2) is 4.52. The summed E-state index contributed by atoms with van der Waals surface area (Å²) in [6.07, 6.45) is 3.64. The van der Waals surface area contributed by atoms with E-state index in [1.807, 2.05) is 6.07 Å². The molecule has 1 nitrogen and oxygen atoms in total. The largest absolute Gasteiger partial charge is 0.311 e. The second-order valence-electron chi connectivity index (χ2n) is 4.56. The van der Waals surface area contributed by atoms with E-state index in [1.54, 1.807) is 12.1 Å². The van der Waals surface area contributed by atoms with E-state index in [9.17, 15) is 4.39 Å². The van der Waals surface area contributed by atoms with E-state index in [4.69, 9.17) is 11.6 Å².